The SMILES string of the molecule is CCOCCn1c(=NC(=O)CCc2ccccc2)sc2cc(C)cc(C)c21. The van der Waals surface area contributed by atoms with Crippen LogP contribution in [0.25, 0.3) is 10.2 Å². The standard InChI is InChI=1S/C22H26N2O2S/c1-4-26-13-12-24-21-17(3)14-16(2)15-19(21)27-22(24)23-20(25)11-10-18-8-6-5-7-9-18/h5-9,14-15H,4,10-13H2,1-3H3. The van der Waals surface area contributed by atoms with Crippen LogP contribution in [0, 0.1) is 13.8 Å². The first-order valence-corrected chi connectivity index (χ1v) is 10.2. The predicted octanol–water partition coefficient (Wildman–Crippen LogP) is 4.42. The van der Waals surface area contributed by atoms with Gasteiger partial charge in [0.05, 0.1) is 16.8 Å². The van der Waals surface area contributed by atoms with Crippen LogP contribution in [0.2, 0.25) is 0 Å². The molecule has 0 radical (unpaired) electrons. The number of hydrogen-bond acceptors (Lipinski definition) is 3. The highest BCUT2D eigenvalue weighted by Gasteiger charge is 2.11. The molecule has 4 nitrogen and oxygen atoms in total. The van der Waals surface area contributed by atoms with Crippen molar-refractivity contribution in [2.45, 2.75) is 40.2 Å². The van der Waals surface area contributed by atoms with Gasteiger partial charge in [0.25, 0.3) is 0 Å². The molecule has 5 heteroatoms. The number of amides is 1. The van der Waals surface area contributed by atoms with Crippen molar-refractivity contribution in [3.05, 3.63) is 64.0 Å². The van der Waals surface area contributed by atoms with Gasteiger partial charge in [-0.15, -0.1) is 0 Å². The summed E-state index contributed by atoms with van der Waals surface area (Å²) in [4.78, 5) is 17.7. The van der Waals surface area contributed by atoms with Gasteiger partial charge in [-0.05, 0) is 49.9 Å². The Kier molecular flexibility index (Phi) is 6.58. The maximum Gasteiger partial charge on any atom is 0.248 e. The van der Waals surface area contributed by atoms with Crippen LogP contribution in [0.5, 0.6) is 0 Å². The minimum absolute atomic E-state index is 0.0788. The van der Waals surface area contributed by atoms with Crippen LogP contribution in [-0.4, -0.2) is 23.7 Å². The summed E-state index contributed by atoms with van der Waals surface area (Å²) in [7, 11) is 0. The zero-order valence-corrected chi connectivity index (χ0v) is 17.0. The molecule has 0 aliphatic carbocycles. The molecular weight excluding hydrogens is 356 g/mol. The number of hydrogen-bond donors (Lipinski definition) is 0. The molecule has 142 valence electrons. The fourth-order valence-electron chi connectivity index (χ4n) is 3.24. The molecule has 1 amide bonds. The van der Waals surface area contributed by atoms with Gasteiger partial charge >= 0.3 is 0 Å². The van der Waals surface area contributed by atoms with Crippen LogP contribution < -0.4 is 4.80 Å². The van der Waals surface area contributed by atoms with Crippen molar-refractivity contribution < 1.29 is 9.53 Å². The molecular formula is C22H26N2O2S. The molecule has 3 aromatic rings. The van der Waals surface area contributed by atoms with Crippen molar-refractivity contribution in [1.82, 2.24) is 4.57 Å². The van der Waals surface area contributed by atoms with Crippen LogP contribution in [0.4, 0.5) is 0 Å². The van der Waals surface area contributed by atoms with Crippen molar-refractivity contribution in [2.75, 3.05) is 13.2 Å². The van der Waals surface area contributed by atoms with E-state index < -0.39 is 0 Å². The molecule has 0 spiro atoms. The van der Waals surface area contributed by atoms with E-state index in [1.54, 1.807) is 11.3 Å². The smallest absolute Gasteiger partial charge is 0.248 e. The third-order valence-corrected chi connectivity index (χ3v) is 5.49. The van der Waals surface area contributed by atoms with Crippen LogP contribution in [0.1, 0.15) is 30.0 Å². The van der Waals surface area contributed by atoms with E-state index in [0.29, 0.717) is 32.6 Å². The number of ether oxygens (including phenoxy) is 1. The molecule has 1 aromatic heterocycles. The Balaban J connectivity index is 1.91. The lowest BCUT2D eigenvalue weighted by Gasteiger charge is -2.08. The van der Waals surface area contributed by atoms with E-state index in [9.17, 15) is 4.79 Å². The molecule has 0 aliphatic heterocycles. The van der Waals surface area contributed by atoms with E-state index in [-0.39, 0.29) is 5.91 Å². The molecule has 0 aliphatic rings. The Morgan fingerprint density at radius 2 is 1.96 bits per heavy atom. The monoisotopic (exact) mass is 382 g/mol. The topological polar surface area (TPSA) is 43.6 Å². The quantitative estimate of drug-likeness (QED) is 0.568. The normalized spacial score (nSPS) is 12.0. The second-order valence-electron chi connectivity index (χ2n) is 6.65. The number of benzene rings is 2. The Morgan fingerprint density at radius 3 is 2.70 bits per heavy atom. The summed E-state index contributed by atoms with van der Waals surface area (Å²) in [6.07, 6.45) is 1.13. The number of carbonyl (C=O) groups is 1. The maximum atomic E-state index is 12.5. The van der Waals surface area contributed by atoms with E-state index in [2.05, 4.69) is 35.5 Å². The second-order valence-corrected chi connectivity index (χ2v) is 7.66. The van der Waals surface area contributed by atoms with Crippen molar-refractivity contribution in [2.24, 2.45) is 4.99 Å². The lowest BCUT2D eigenvalue weighted by Crippen LogP contribution is -2.20. The summed E-state index contributed by atoms with van der Waals surface area (Å²) < 4.78 is 8.84. The van der Waals surface area contributed by atoms with Gasteiger partial charge in [-0.3, -0.25) is 4.79 Å². The summed E-state index contributed by atoms with van der Waals surface area (Å²) in [5.41, 5.74) is 4.74. The third kappa shape index (κ3) is 4.93. The van der Waals surface area contributed by atoms with Gasteiger partial charge in [-0.1, -0.05) is 47.7 Å². The molecule has 2 aromatic carbocycles. The number of nitrogens with zero attached hydrogens (tertiary/aromatic N) is 2. The first-order chi connectivity index (χ1) is 13.1. The Bertz CT molecular complexity index is 987. The van der Waals surface area contributed by atoms with Crippen molar-refractivity contribution in [3.8, 4) is 0 Å². The number of thiazole rings is 1. The molecule has 0 saturated carbocycles. The fourth-order valence-corrected chi connectivity index (χ4v) is 4.49. The Morgan fingerprint density at radius 1 is 1.19 bits per heavy atom. The molecule has 0 atom stereocenters. The van der Waals surface area contributed by atoms with Crippen molar-refractivity contribution in [3.63, 3.8) is 0 Å². The largest absolute Gasteiger partial charge is 0.380 e. The third-order valence-electron chi connectivity index (χ3n) is 4.47. The van der Waals surface area contributed by atoms with Crippen molar-refractivity contribution >= 4 is 27.5 Å². The average Bonchev–Trinajstić information content (AvgIpc) is 2.98. The number of aryl methyl sites for hydroxylation is 3. The van der Waals surface area contributed by atoms with E-state index in [1.165, 1.54) is 15.8 Å². The van der Waals surface area contributed by atoms with Gasteiger partial charge in [0.15, 0.2) is 4.80 Å². The minimum atomic E-state index is -0.0788. The maximum absolute atomic E-state index is 12.5. The van der Waals surface area contributed by atoms with Gasteiger partial charge in [-0.2, -0.15) is 4.99 Å². The van der Waals surface area contributed by atoms with Gasteiger partial charge in [0.1, 0.15) is 0 Å². The fraction of sp³-hybridized carbons (Fsp3) is 0.364. The predicted molar refractivity (Wildman–Crippen MR) is 111 cm³/mol. The van der Waals surface area contributed by atoms with E-state index in [4.69, 9.17) is 4.74 Å². The molecule has 0 bridgehead atoms. The van der Waals surface area contributed by atoms with Gasteiger partial charge in [0.2, 0.25) is 5.91 Å². The van der Waals surface area contributed by atoms with Gasteiger partial charge < -0.3 is 9.30 Å². The van der Waals surface area contributed by atoms with E-state index in [1.807, 2.05) is 37.3 Å². The summed E-state index contributed by atoms with van der Waals surface area (Å²) in [6, 6.07) is 14.4. The Labute approximate surface area is 164 Å². The number of rotatable bonds is 7. The molecule has 0 N–H and O–H groups in total. The first-order valence-electron chi connectivity index (χ1n) is 9.38. The zero-order valence-electron chi connectivity index (χ0n) is 16.2. The average molecular weight is 383 g/mol. The minimum Gasteiger partial charge on any atom is -0.380 e. The highest BCUT2D eigenvalue weighted by molar-refractivity contribution is 7.16. The molecule has 27 heavy (non-hydrogen) atoms. The highest BCUT2D eigenvalue weighted by Crippen LogP contribution is 2.23. The highest BCUT2D eigenvalue weighted by atomic mass is 32.1. The number of carbonyl (C=O) groups excluding carboxylic acids is 1. The second kappa shape index (κ2) is 9.11. The van der Waals surface area contributed by atoms with E-state index >= 15 is 0 Å². The van der Waals surface area contributed by atoms with Gasteiger partial charge in [0, 0.05) is 19.6 Å². The summed E-state index contributed by atoms with van der Waals surface area (Å²) >= 11 is 1.58. The molecule has 0 fully saturated rings. The summed E-state index contributed by atoms with van der Waals surface area (Å²) in [5, 5.41) is 0. The Hall–Kier alpha value is -2.24. The molecule has 1 heterocycles. The van der Waals surface area contributed by atoms with Crippen LogP contribution in [0.3, 0.4) is 0 Å². The molecule has 3 rings (SSSR count). The van der Waals surface area contributed by atoms with Crippen LogP contribution >= 0.6 is 11.3 Å². The zero-order chi connectivity index (χ0) is 19.2. The number of aromatic nitrogens is 1. The van der Waals surface area contributed by atoms with Crippen molar-refractivity contribution in [1.29, 1.82) is 0 Å². The summed E-state index contributed by atoms with van der Waals surface area (Å²) in [5.74, 6) is -0.0788. The van der Waals surface area contributed by atoms with Gasteiger partial charge in [-0.25, -0.2) is 0 Å². The summed E-state index contributed by atoms with van der Waals surface area (Å²) in [6.45, 7) is 8.19. The lowest BCUT2D eigenvalue weighted by molar-refractivity contribution is -0.118. The van der Waals surface area contributed by atoms with Crippen LogP contribution in [0.15, 0.2) is 47.5 Å². The van der Waals surface area contributed by atoms with E-state index in [0.717, 1.165) is 15.9 Å². The number of fused-ring (bicyclic) bond motifs is 1. The molecule has 0 unspecified atom stereocenters. The van der Waals surface area contributed by atoms with Crippen LogP contribution in [-0.2, 0) is 22.5 Å². The first kappa shape index (κ1) is 19.5. The lowest BCUT2D eigenvalue weighted by atomic mass is 10.1. The molecule has 0 saturated heterocycles.